The summed E-state index contributed by atoms with van der Waals surface area (Å²) in [6.07, 6.45) is 0. The molecule has 0 radical (unpaired) electrons. The molecule has 2 amide bonds. The first-order chi connectivity index (χ1) is 12.3. The van der Waals surface area contributed by atoms with Gasteiger partial charge in [0.15, 0.2) is 0 Å². The number of rotatable bonds is 3. The van der Waals surface area contributed by atoms with E-state index < -0.39 is 46.4 Å². The summed E-state index contributed by atoms with van der Waals surface area (Å²) in [7, 11) is 0. The van der Waals surface area contributed by atoms with Crippen molar-refractivity contribution < 1.29 is 27.9 Å². The van der Waals surface area contributed by atoms with Crippen LogP contribution in [0.1, 0.15) is 38.0 Å². The number of pyridine rings is 1. The van der Waals surface area contributed by atoms with E-state index >= 15 is 0 Å². The molecule has 1 aromatic heterocycles. The first-order valence-electron chi connectivity index (χ1n) is 7.34. The van der Waals surface area contributed by atoms with Crippen molar-refractivity contribution in [2.45, 2.75) is 6.92 Å². The highest BCUT2D eigenvalue weighted by Crippen LogP contribution is 2.25. The summed E-state index contributed by atoms with van der Waals surface area (Å²) in [5.41, 5.74) is 3.12. The lowest BCUT2D eigenvalue weighted by Gasteiger charge is -2.13. The molecule has 2 aromatic rings. The van der Waals surface area contributed by atoms with Gasteiger partial charge in [-0.3, -0.25) is 24.3 Å². The third-order valence-electron chi connectivity index (χ3n) is 3.72. The Morgan fingerprint density at radius 2 is 1.77 bits per heavy atom. The first-order valence-corrected chi connectivity index (χ1v) is 7.34. The predicted molar refractivity (Wildman–Crippen MR) is 84.1 cm³/mol. The van der Waals surface area contributed by atoms with Gasteiger partial charge in [0.25, 0.3) is 17.4 Å². The van der Waals surface area contributed by atoms with Gasteiger partial charge in [-0.05, 0) is 19.1 Å². The molecule has 3 N–H and O–H groups in total. The number of nitrogen functional groups attached to an aromatic ring is 1. The number of carbonyl (C=O) groups is 3. The molecule has 3 rings (SSSR count). The highest BCUT2D eigenvalue weighted by molar-refractivity contribution is 6.23. The van der Waals surface area contributed by atoms with Crippen LogP contribution in [-0.4, -0.2) is 29.0 Å². The molecule has 0 aliphatic carbocycles. The quantitative estimate of drug-likeness (QED) is 0.613. The number of nitrogens with one attached hydrogen (secondary N) is 1. The summed E-state index contributed by atoms with van der Waals surface area (Å²) in [5.74, 6) is -5.83. The number of hydrogen-bond acceptors (Lipinski definition) is 6. The third-order valence-corrected chi connectivity index (χ3v) is 3.72. The Morgan fingerprint density at radius 3 is 2.35 bits per heavy atom. The molecule has 10 heteroatoms. The van der Waals surface area contributed by atoms with Crippen molar-refractivity contribution >= 4 is 23.6 Å². The SMILES string of the molecule is CCOC(=O)c1c(F)cc(-n2c(N)c3c(cc2=O)C(=O)NC3=O)cc1F. The van der Waals surface area contributed by atoms with Gasteiger partial charge in [-0.15, -0.1) is 0 Å². The predicted octanol–water partition coefficient (Wildman–Crippen LogP) is 0.758. The Labute approximate surface area is 144 Å². The number of esters is 1. The average Bonchev–Trinajstić information content (AvgIpc) is 2.81. The third kappa shape index (κ3) is 2.51. The van der Waals surface area contributed by atoms with Crippen molar-refractivity contribution in [1.82, 2.24) is 9.88 Å². The number of halogens is 2. The zero-order valence-corrected chi connectivity index (χ0v) is 13.3. The van der Waals surface area contributed by atoms with E-state index in [9.17, 15) is 28.0 Å². The number of hydrogen-bond donors (Lipinski definition) is 2. The Balaban J connectivity index is 2.22. The molecule has 0 unspecified atom stereocenters. The van der Waals surface area contributed by atoms with Crippen LogP contribution in [0.15, 0.2) is 23.0 Å². The Bertz CT molecular complexity index is 1020. The molecule has 26 heavy (non-hydrogen) atoms. The lowest BCUT2D eigenvalue weighted by atomic mass is 10.1. The maximum Gasteiger partial charge on any atom is 0.344 e. The van der Waals surface area contributed by atoms with Gasteiger partial charge in [-0.2, -0.15) is 0 Å². The zero-order chi connectivity index (χ0) is 19.2. The van der Waals surface area contributed by atoms with Crippen molar-refractivity contribution in [1.29, 1.82) is 0 Å². The first kappa shape index (κ1) is 17.3. The smallest absolute Gasteiger partial charge is 0.344 e. The van der Waals surface area contributed by atoms with E-state index in [0.717, 1.165) is 6.07 Å². The van der Waals surface area contributed by atoms with Crippen molar-refractivity contribution in [2.24, 2.45) is 0 Å². The van der Waals surface area contributed by atoms with Gasteiger partial charge in [-0.1, -0.05) is 0 Å². The second-order valence-electron chi connectivity index (χ2n) is 5.28. The van der Waals surface area contributed by atoms with Crippen LogP contribution in [-0.2, 0) is 4.74 Å². The fourth-order valence-corrected chi connectivity index (χ4v) is 2.63. The molecule has 1 aliphatic rings. The number of nitrogens with two attached hydrogens (primary N) is 1. The number of nitrogens with zero attached hydrogens (tertiary/aromatic N) is 1. The van der Waals surface area contributed by atoms with Gasteiger partial charge in [-0.25, -0.2) is 13.6 Å². The van der Waals surface area contributed by atoms with E-state index in [-0.39, 0.29) is 23.4 Å². The molecule has 1 aromatic carbocycles. The molecular formula is C16H11F2N3O5. The van der Waals surface area contributed by atoms with E-state index in [0.29, 0.717) is 16.7 Å². The molecule has 2 heterocycles. The molecule has 8 nitrogen and oxygen atoms in total. The zero-order valence-electron chi connectivity index (χ0n) is 13.3. The van der Waals surface area contributed by atoms with Crippen LogP contribution in [0.5, 0.6) is 0 Å². The lowest BCUT2D eigenvalue weighted by molar-refractivity contribution is 0.0515. The van der Waals surface area contributed by atoms with Crippen LogP contribution in [0.25, 0.3) is 5.69 Å². The summed E-state index contributed by atoms with van der Waals surface area (Å²) < 4.78 is 33.7. The van der Waals surface area contributed by atoms with Crippen LogP contribution in [0.4, 0.5) is 14.6 Å². The van der Waals surface area contributed by atoms with Gasteiger partial charge >= 0.3 is 5.97 Å². The number of ether oxygens (including phenoxy) is 1. The van der Waals surface area contributed by atoms with E-state index in [1.54, 1.807) is 0 Å². The molecule has 0 spiro atoms. The van der Waals surface area contributed by atoms with E-state index in [4.69, 9.17) is 5.73 Å². The van der Waals surface area contributed by atoms with Crippen LogP contribution in [0.3, 0.4) is 0 Å². The average molecular weight is 363 g/mol. The number of carbonyl (C=O) groups excluding carboxylic acids is 3. The Kier molecular flexibility index (Phi) is 4.03. The minimum Gasteiger partial charge on any atom is -0.462 e. The van der Waals surface area contributed by atoms with E-state index in [1.165, 1.54) is 6.92 Å². The second kappa shape index (κ2) is 6.06. The Hall–Kier alpha value is -3.56. The van der Waals surface area contributed by atoms with Gasteiger partial charge in [0, 0.05) is 6.07 Å². The van der Waals surface area contributed by atoms with Crippen molar-refractivity contribution in [3.05, 3.63) is 56.9 Å². The largest absolute Gasteiger partial charge is 0.462 e. The summed E-state index contributed by atoms with van der Waals surface area (Å²) in [6, 6.07) is 2.24. The van der Waals surface area contributed by atoms with E-state index in [2.05, 4.69) is 4.74 Å². The number of anilines is 1. The highest BCUT2D eigenvalue weighted by Gasteiger charge is 2.32. The van der Waals surface area contributed by atoms with E-state index in [1.807, 2.05) is 5.32 Å². The topological polar surface area (TPSA) is 120 Å². The van der Waals surface area contributed by atoms with Crippen LogP contribution >= 0.6 is 0 Å². The number of imide groups is 1. The second-order valence-corrected chi connectivity index (χ2v) is 5.28. The minimum absolute atomic E-state index is 0.0835. The molecule has 0 bridgehead atoms. The molecule has 134 valence electrons. The summed E-state index contributed by atoms with van der Waals surface area (Å²) in [4.78, 5) is 47.3. The van der Waals surface area contributed by atoms with Gasteiger partial charge in [0.2, 0.25) is 0 Å². The fraction of sp³-hybridized carbons (Fsp3) is 0.125. The molecule has 0 atom stereocenters. The van der Waals surface area contributed by atoms with Crippen LogP contribution < -0.4 is 16.6 Å². The Morgan fingerprint density at radius 1 is 1.15 bits per heavy atom. The van der Waals surface area contributed by atoms with Crippen LogP contribution in [0, 0.1) is 11.6 Å². The lowest BCUT2D eigenvalue weighted by Crippen LogP contribution is -2.24. The standard InChI is InChI=1S/C16H11F2N3O5/c1-2-26-16(25)12-8(17)3-6(4-9(12)18)21-10(22)5-7-11(13(21)19)15(24)20-14(7)23/h3-5H,2,19H2,1H3,(H,20,23,24). The monoisotopic (exact) mass is 363 g/mol. The summed E-state index contributed by atoms with van der Waals surface area (Å²) in [6.45, 7) is 1.39. The molecule has 0 fully saturated rings. The van der Waals surface area contributed by atoms with Gasteiger partial charge < -0.3 is 10.5 Å². The number of amides is 2. The maximum absolute atomic E-state index is 14.2. The van der Waals surface area contributed by atoms with Gasteiger partial charge in [0.1, 0.15) is 23.0 Å². The van der Waals surface area contributed by atoms with Crippen molar-refractivity contribution in [3.63, 3.8) is 0 Å². The molecular weight excluding hydrogens is 352 g/mol. The minimum atomic E-state index is -1.27. The highest BCUT2D eigenvalue weighted by atomic mass is 19.1. The summed E-state index contributed by atoms with van der Waals surface area (Å²) >= 11 is 0. The molecule has 1 aliphatic heterocycles. The van der Waals surface area contributed by atoms with Crippen molar-refractivity contribution in [3.8, 4) is 5.69 Å². The number of fused-ring (bicyclic) bond motifs is 1. The summed E-state index contributed by atoms with van der Waals surface area (Å²) in [5, 5.41) is 1.97. The fourth-order valence-electron chi connectivity index (χ4n) is 2.63. The molecule has 0 saturated heterocycles. The normalized spacial score (nSPS) is 12.7. The number of benzene rings is 1. The number of aromatic nitrogens is 1. The molecule has 0 saturated carbocycles. The van der Waals surface area contributed by atoms with Gasteiger partial charge in [0.05, 0.1) is 23.4 Å². The van der Waals surface area contributed by atoms with Crippen LogP contribution in [0.2, 0.25) is 0 Å². The maximum atomic E-state index is 14.2. The van der Waals surface area contributed by atoms with Crippen molar-refractivity contribution in [2.75, 3.05) is 12.3 Å².